The zero-order chi connectivity index (χ0) is 17.5. The van der Waals surface area contributed by atoms with Crippen LogP contribution in [0, 0.1) is 0 Å². The Morgan fingerprint density at radius 1 is 1.35 bits per heavy atom. The van der Waals surface area contributed by atoms with Gasteiger partial charge in [-0.05, 0) is 38.2 Å². The van der Waals surface area contributed by atoms with E-state index in [0.29, 0.717) is 29.0 Å². The van der Waals surface area contributed by atoms with Crippen LogP contribution < -0.4 is 5.32 Å². The van der Waals surface area contributed by atoms with E-state index in [1.165, 1.54) is 11.8 Å². The first kappa shape index (κ1) is 25.1. The highest BCUT2D eigenvalue weighted by Crippen LogP contribution is 2.25. The maximum Gasteiger partial charge on any atom is 0.235 e. The molecule has 2 aromatic rings. The van der Waals surface area contributed by atoms with Crippen molar-refractivity contribution in [2.45, 2.75) is 17.9 Å². The van der Waals surface area contributed by atoms with E-state index in [9.17, 15) is 4.79 Å². The summed E-state index contributed by atoms with van der Waals surface area (Å²) in [5.41, 5.74) is 0.930. The van der Waals surface area contributed by atoms with E-state index in [4.69, 9.17) is 16.0 Å². The van der Waals surface area contributed by atoms with Gasteiger partial charge in [0.1, 0.15) is 0 Å². The Morgan fingerprint density at radius 3 is 2.62 bits per heavy atom. The molecule has 1 aromatic carbocycles. The molecule has 1 aromatic heterocycles. The molecule has 1 heterocycles. The Kier molecular flexibility index (Phi) is 12.0. The highest BCUT2D eigenvalue weighted by molar-refractivity contribution is 7.99. The van der Waals surface area contributed by atoms with Crippen molar-refractivity contribution in [3.05, 3.63) is 41.4 Å². The Morgan fingerprint density at radius 2 is 2.00 bits per heavy atom. The lowest BCUT2D eigenvalue weighted by molar-refractivity contribution is -0.128. The van der Waals surface area contributed by atoms with E-state index in [-0.39, 0.29) is 36.0 Å². The zero-order valence-electron chi connectivity index (χ0n) is 14.9. The lowest BCUT2D eigenvalue weighted by atomic mass is 10.2. The van der Waals surface area contributed by atoms with Crippen molar-refractivity contribution in [1.29, 1.82) is 0 Å². The van der Waals surface area contributed by atoms with Crippen LogP contribution in [-0.2, 0) is 10.5 Å². The number of thioether (sulfide) groups is 1. The Balaban J connectivity index is 0.00000312. The summed E-state index contributed by atoms with van der Waals surface area (Å²) >= 11 is 7.41. The van der Waals surface area contributed by atoms with Gasteiger partial charge in [-0.1, -0.05) is 11.6 Å². The molecule has 0 aliphatic carbocycles. The number of oxazole rings is 1. The maximum absolute atomic E-state index is 12.2. The number of hydrogen-bond acceptors (Lipinski definition) is 5. The van der Waals surface area contributed by atoms with E-state index in [0.717, 1.165) is 12.1 Å². The van der Waals surface area contributed by atoms with Crippen LogP contribution in [0.15, 0.2) is 34.9 Å². The van der Waals surface area contributed by atoms with E-state index in [1.54, 1.807) is 11.1 Å². The van der Waals surface area contributed by atoms with Gasteiger partial charge in [-0.15, -0.1) is 36.6 Å². The number of benzene rings is 1. The van der Waals surface area contributed by atoms with Gasteiger partial charge in [-0.3, -0.25) is 4.79 Å². The van der Waals surface area contributed by atoms with E-state index >= 15 is 0 Å². The summed E-state index contributed by atoms with van der Waals surface area (Å²) in [5, 5.41) is 3.58. The molecular formula is C17H24Cl3N3O2S. The number of rotatable bonds is 8. The minimum atomic E-state index is -0.141. The number of aromatic nitrogens is 1. The first-order chi connectivity index (χ1) is 11.5. The molecule has 0 aliphatic heterocycles. The normalized spacial score (nSPS) is 11.2. The second-order valence-electron chi connectivity index (χ2n) is 5.44. The van der Waals surface area contributed by atoms with Crippen molar-refractivity contribution in [3.63, 3.8) is 0 Å². The van der Waals surface area contributed by atoms with Crippen LogP contribution >= 0.6 is 48.2 Å². The van der Waals surface area contributed by atoms with Crippen LogP contribution in [0.25, 0.3) is 11.3 Å². The van der Waals surface area contributed by atoms with Crippen LogP contribution in [0.4, 0.5) is 0 Å². The molecule has 0 saturated heterocycles. The number of hydrogen-bond donors (Lipinski definition) is 1. The molecule has 5 nitrogen and oxygen atoms in total. The highest BCUT2D eigenvalue weighted by atomic mass is 35.5. The fourth-order valence-electron chi connectivity index (χ4n) is 2.09. The molecule has 0 bridgehead atoms. The van der Waals surface area contributed by atoms with E-state index < -0.39 is 0 Å². The van der Waals surface area contributed by atoms with Crippen molar-refractivity contribution in [2.75, 3.05) is 27.2 Å². The van der Waals surface area contributed by atoms with Gasteiger partial charge in [-0.2, -0.15) is 0 Å². The Bertz CT molecular complexity index is 668. The molecule has 0 spiro atoms. The molecule has 0 radical (unpaired) electrons. The molecule has 1 N–H and O–H groups in total. The molecule has 1 atom stereocenters. The molecule has 0 aliphatic rings. The summed E-state index contributed by atoms with van der Waals surface area (Å²) in [6, 6.07) is 7.41. The molecule has 0 saturated carbocycles. The molecule has 0 fully saturated rings. The van der Waals surface area contributed by atoms with Gasteiger partial charge >= 0.3 is 0 Å². The number of halogens is 3. The van der Waals surface area contributed by atoms with Crippen LogP contribution in [-0.4, -0.2) is 48.2 Å². The van der Waals surface area contributed by atoms with Gasteiger partial charge in [-0.25, -0.2) is 4.98 Å². The third-order valence-corrected chi connectivity index (χ3v) is 4.93. The SMILES string of the molecule is CNCCN(C)C(=O)C(C)SCc1ncc(-c2ccc(Cl)cc2)o1.Cl.Cl. The number of carbonyl (C=O) groups is 1. The fraction of sp³-hybridized carbons (Fsp3) is 0.412. The van der Waals surface area contributed by atoms with Gasteiger partial charge in [0.25, 0.3) is 0 Å². The van der Waals surface area contributed by atoms with E-state index in [1.807, 2.05) is 45.3 Å². The predicted octanol–water partition coefficient (Wildman–Crippen LogP) is 4.14. The topological polar surface area (TPSA) is 58.4 Å². The van der Waals surface area contributed by atoms with Crippen molar-refractivity contribution in [1.82, 2.24) is 15.2 Å². The number of likely N-dealkylation sites (N-methyl/N-ethyl adjacent to an activating group) is 2. The van der Waals surface area contributed by atoms with Gasteiger partial charge < -0.3 is 14.6 Å². The minimum absolute atomic E-state index is 0. The summed E-state index contributed by atoms with van der Waals surface area (Å²) in [6.07, 6.45) is 1.70. The van der Waals surface area contributed by atoms with Crippen molar-refractivity contribution in [3.8, 4) is 11.3 Å². The third kappa shape index (κ3) is 7.37. The Hall–Kier alpha value is -0.920. The number of nitrogens with one attached hydrogen (secondary N) is 1. The standard InChI is InChI=1S/C17H22ClN3O2S.2ClH/c1-12(17(22)21(3)9-8-19-2)24-11-16-20-10-15(23-16)13-4-6-14(18)7-5-13;;/h4-7,10,12,19H,8-9,11H2,1-3H3;2*1H. The summed E-state index contributed by atoms with van der Waals surface area (Å²) < 4.78 is 5.76. The molecular weight excluding hydrogens is 417 g/mol. The van der Waals surface area contributed by atoms with Gasteiger partial charge in [0.05, 0.1) is 17.2 Å². The molecule has 9 heteroatoms. The highest BCUT2D eigenvalue weighted by Gasteiger charge is 2.18. The molecule has 2 rings (SSSR count). The lowest BCUT2D eigenvalue weighted by Crippen LogP contribution is -2.37. The summed E-state index contributed by atoms with van der Waals surface area (Å²) in [6.45, 7) is 3.38. The van der Waals surface area contributed by atoms with Gasteiger partial charge in [0.2, 0.25) is 11.8 Å². The second kappa shape index (κ2) is 12.5. The average Bonchev–Trinajstić information content (AvgIpc) is 3.06. The predicted molar refractivity (Wildman–Crippen MR) is 114 cm³/mol. The number of nitrogens with zero attached hydrogens (tertiary/aromatic N) is 2. The maximum atomic E-state index is 12.2. The lowest BCUT2D eigenvalue weighted by Gasteiger charge is -2.20. The first-order valence-corrected chi connectivity index (χ1v) is 9.15. The van der Waals surface area contributed by atoms with Crippen LogP contribution in [0.1, 0.15) is 12.8 Å². The summed E-state index contributed by atoms with van der Waals surface area (Å²) in [7, 11) is 3.69. The monoisotopic (exact) mass is 439 g/mol. The van der Waals surface area contributed by atoms with Crippen molar-refractivity contribution in [2.24, 2.45) is 0 Å². The largest absolute Gasteiger partial charge is 0.440 e. The molecule has 1 unspecified atom stereocenters. The summed E-state index contributed by atoms with van der Waals surface area (Å²) in [4.78, 5) is 18.3. The van der Waals surface area contributed by atoms with Crippen LogP contribution in [0.5, 0.6) is 0 Å². The fourth-order valence-corrected chi connectivity index (χ4v) is 3.07. The number of carbonyl (C=O) groups excluding carboxylic acids is 1. The number of amides is 1. The van der Waals surface area contributed by atoms with E-state index in [2.05, 4.69) is 10.3 Å². The average molecular weight is 441 g/mol. The smallest absolute Gasteiger partial charge is 0.235 e. The van der Waals surface area contributed by atoms with Crippen molar-refractivity contribution < 1.29 is 9.21 Å². The van der Waals surface area contributed by atoms with Crippen LogP contribution in [0.2, 0.25) is 5.02 Å². The summed E-state index contributed by atoms with van der Waals surface area (Å²) in [5.74, 6) is 1.98. The second-order valence-corrected chi connectivity index (χ2v) is 7.21. The first-order valence-electron chi connectivity index (χ1n) is 7.73. The van der Waals surface area contributed by atoms with Crippen molar-refractivity contribution >= 4 is 54.1 Å². The third-order valence-electron chi connectivity index (χ3n) is 3.56. The quantitative estimate of drug-likeness (QED) is 0.668. The molecule has 146 valence electrons. The van der Waals surface area contributed by atoms with Gasteiger partial charge in [0, 0.05) is 30.7 Å². The molecule has 1 amide bonds. The van der Waals surface area contributed by atoms with Crippen LogP contribution in [0.3, 0.4) is 0 Å². The zero-order valence-corrected chi connectivity index (χ0v) is 18.1. The minimum Gasteiger partial charge on any atom is -0.440 e. The Labute approximate surface area is 176 Å². The van der Waals surface area contributed by atoms with Gasteiger partial charge in [0.15, 0.2) is 5.76 Å². The molecule has 26 heavy (non-hydrogen) atoms.